The normalized spacial score (nSPS) is 10.4. The van der Waals surface area contributed by atoms with Crippen LogP contribution in [0.1, 0.15) is 27.0 Å². The Labute approximate surface area is 102 Å². The Kier molecular flexibility index (Phi) is 2.97. The lowest BCUT2D eigenvalue weighted by Crippen LogP contribution is -2.01. The maximum Gasteiger partial charge on any atom is 0.197 e. The molecule has 0 amide bonds. The summed E-state index contributed by atoms with van der Waals surface area (Å²) in [6, 6.07) is 7.36. The number of halogens is 1. The molecule has 82 valence electrons. The van der Waals surface area contributed by atoms with Crippen molar-refractivity contribution in [1.29, 1.82) is 0 Å². The fourth-order valence-corrected chi connectivity index (χ4v) is 1.91. The van der Waals surface area contributed by atoms with Gasteiger partial charge in [0.25, 0.3) is 0 Å². The number of carbonyl (C=O) groups is 1. The molecule has 0 bridgehead atoms. The highest BCUT2D eigenvalue weighted by atomic mass is 79.9. The molecule has 0 N–H and O–H groups in total. The lowest BCUT2D eigenvalue weighted by molar-refractivity contribution is 0.103. The van der Waals surface area contributed by atoms with Crippen LogP contribution in [0.5, 0.6) is 0 Å². The summed E-state index contributed by atoms with van der Waals surface area (Å²) in [6.07, 6.45) is 1.50. The van der Waals surface area contributed by atoms with Crippen LogP contribution in [0.2, 0.25) is 0 Å². The molecular formula is C13H11BrO2. The second-order valence-corrected chi connectivity index (χ2v) is 4.46. The zero-order valence-electron chi connectivity index (χ0n) is 9.08. The first-order valence-electron chi connectivity index (χ1n) is 4.94. The monoisotopic (exact) mass is 278 g/mol. The third-order valence-corrected chi connectivity index (χ3v) is 3.25. The fraction of sp³-hybridized carbons (Fsp3) is 0.154. The third-order valence-electron chi connectivity index (χ3n) is 2.63. The summed E-state index contributed by atoms with van der Waals surface area (Å²) in [6.45, 7) is 4.02. The molecule has 0 fully saturated rings. The van der Waals surface area contributed by atoms with E-state index in [1.807, 2.05) is 32.0 Å². The molecule has 0 aliphatic rings. The van der Waals surface area contributed by atoms with Gasteiger partial charge >= 0.3 is 0 Å². The molecule has 0 saturated heterocycles. The van der Waals surface area contributed by atoms with Crippen LogP contribution in [0.4, 0.5) is 0 Å². The van der Waals surface area contributed by atoms with Crippen molar-refractivity contribution in [3.63, 3.8) is 0 Å². The molecule has 3 heteroatoms. The number of benzene rings is 1. The molecule has 0 radical (unpaired) electrons. The largest absolute Gasteiger partial charge is 0.457 e. The van der Waals surface area contributed by atoms with Gasteiger partial charge in [-0.2, -0.15) is 0 Å². The Hall–Kier alpha value is -1.35. The first-order valence-corrected chi connectivity index (χ1v) is 5.74. The van der Waals surface area contributed by atoms with E-state index in [-0.39, 0.29) is 5.78 Å². The number of hydrogen-bond acceptors (Lipinski definition) is 2. The van der Waals surface area contributed by atoms with Crippen molar-refractivity contribution >= 4 is 21.7 Å². The van der Waals surface area contributed by atoms with Crippen LogP contribution in [0.3, 0.4) is 0 Å². The summed E-state index contributed by atoms with van der Waals surface area (Å²) in [4.78, 5) is 12.1. The predicted octanol–water partition coefficient (Wildman–Crippen LogP) is 3.89. The van der Waals surface area contributed by atoms with E-state index in [1.54, 1.807) is 6.07 Å². The van der Waals surface area contributed by atoms with Gasteiger partial charge in [-0.25, -0.2) is 0 Å². The van der Waals surface area contributed by atoms with Crippen LogP contribution in [0, 0.1) is 13.8 Å². The zero-order chi connectivity index (χ0) is 11.7. The molecule has 1 aromatic heterocycles. The van der Waals surface area contributed by atoms with Crippen molar-refractivity contribution in [1.82, 2.24) is 0 Å². The molecule has 1 heterocycles. The van der Waals surface area contributed by atoms with Crippen molar-refractivity contribution in [3.8, 4) is 0 Å². The predicted molar refractivity (Wildman–Crippen MR) is 65.8 cm³/mol. The van der Waals surface area contributed by atoms with Crippen LogP contribution >= 0.6 is 15.9 Å². The lowest BCUT2D eigenvalue weighted by Gasteiger charge is -2.03. The molecule has 0 aliphatic carbocycles. The summed E-state index contributed by atoms with van der Waals surface area (Å²) in [7, 11) is 0. The van der Waals surface area contributed by atoms with Gasteiger partial charge < -0.3 is 4.42 Å². The molecule has 2 nitrogen and oxygen atoms in total. The maximum absolute atomic E-state index is 12.1. The van der Waals surface area contributed by atoms with Gasteiger partial charge in [0.15, 0.2) is 10.5 Å². The van der Waals surface area contributed by atoms with Crippen LogP contribution in [-0.4, -0.2) is 5.78 Å². The molecule has 2 aromatic rings. The van der Waals surface area contributed by atoms with Gasteiger partial charge in [-0.3, -0.25) is 4.79 Å². The van der Waals surface area contributed by atoms with E-state index in [0.717, 1.165) is 5.56 Å². The van der Waals surface area contributed by atoms with E-state index >= 15 is 0 Å². The van der Waals surface area contributed by atoms with Gasteiger partial charge in [-0.1, -0.05) is 12.1 Å². The Morgan fingerprint density at radius 3 is 2.50 bits per heavy atom. The highest BCUT2D eigenvalue weighted by Gasteiger charge is 2.15. The minimum Gasteiger partial charge on any atom is -0.457 e. The van der Waals surface area contributed by atoms with Crippen molar-refractivity contribution in [2.24, 2.45) is 0 Å². The van der Waals surface area contributed by atoms with Crippen LogP contribution in [0.25, 0.3) is 0 Å². The van der Waals surface area contributed by atoms with E-state index in [2.05, 4.69) is 15.9 Å². The van der Waals surface area contributed by atoms with Gasteiger partial charge in [0.05, 0.1) is 11.8 Å². The van der Waals surface area contributed by atoms with Gasteiger partial charge in [0, 0.05) is 5.56 Å². The van der Waals surface area contributed by atoms with Gasteiger partial charge in [0.2, 0.25) is 0 Å². The molecule has 0 aliphatic heterocycles. The minimum atomic E-state index is -0.0243. The quantitative estimate of drug-likeness (QED) is 0.781. The number of rotatable bonds is 2. The Morgan fingerprint density at radius 2 is 1.94 bits per heavy atom. The molecule has 0 atom stereocenters. The number of aryl methyl sites for hydroxylation is 2. The van der Waals surface area contributed by atoms with E-state index in [9.17, 15) is 4.79 Å². The molecule has 0 spiro atoms. The molecule has 16 heavy (non-hydrogen) atoms. The van der Waals surface area contributed by atoms with E-state index in [1.165, 1.54) is 11.8 Å². The number of furan rings is 1. The summed E-state index contributed by atoms with van der Waals surface area (Å²) in [5.41, 5.74) is 3.54. The van der Waals surface area contributed by atoms with E-state index in [0.29, 0.717) is 15.8 Å². The highest BCUT2D eigenvalue weighted by molar-refractivity contribution is 9.10. The van der Waals surface area contributed by atoms with Crippen LogP contribution in [0.15, 0.2) is 39.6 Å². The summed E-state index contributed by atoms with van der Waals surface area (Å²) in [5, 5.41) is 0. The number of ketones is 1. The average Bonchev–Trinajstić information content (AvgIpc) is 2.67. The van der Waals surface area contributed by atoms with Gasteiger partial charge in [0.1, 0.15) is 0 Å². The molecule has 1 aromatic carbocycles. The van der Waals surface area contributed by atoms with Crippen molar-refractivity contribution in [3.05, 3.63) is 57.5 Å². The standard InChI is InChI=1S/C13H11BrO2/c1-8-3-4-10(7-9(8)2)12(15)11-5-6-16-13(11)14/h3-7H,1-2H3. The van der Waals surface area contributed by atoms with E-state index in [4.69, 9.17) is 4.42 Å². The highest BCUT2D eigenvalue weighted by Crippen LogP contribution is 2.22. The Morgan fingerprint density at radius 1 is 1.19 bits per heavy atom. The molecule has 0 unspecified atom stereocenters. The zero-order valence-corrected chi connectivity index (χ0v) is 10.7. The smallest absolute Gasteiger partial charge is 0.197 e. The van der Waals surface area contributed by atoms with Gasteiger partial charge in [-0.15, -0.1) is 0 Å². The van der Waals surface area contributed by atoms with Gasteiger partial charge in [-0.05, 0) is 53.0 Å². The number of carbonyl (C=O) groups excluding carboxylic acids is 1. The van der Waals surface area contributed by atoms with Crippen LogP contribution < -0.4 is 0 Å². The second kappa shape index (κ2) is 4.26. The first-order chi connectivity index (χ1) is 7.59. The summed E-state index contributed by atoms with van der Waals surface area (Å²) >= 11 is 3.21. The fourth-order valence-electron chi connectivity index (χ4n) is 1.49. The Balaban J connectivity index is 2.42. The minimum absolute atomic E-state index is 0.0243. The maximum atomic E-state index is 12.1. The lowest BCUT2D eigenvalue weighted by atomic mass is 10.0. The van der Waals surface area contributed by atoms with Crippen LogP contribution in [-0.2, 0) is 0 Å². The SMILES string of the molecule is Cc1ccc(C(=O)c2ccoc2Br)cc1C. The molecule has 2 rings (SSSR count). The summed E-state index contributed by atoms with van der Waals surface area (Å²) in [5.74, 6) is -0.0243. The van der Waals surface area contributed by atoms with Crippen molar-refractivity contribution < 1.29 is 9.21 Å². The Bertz CT molecular complexity index is 541. The number of hydrogen-bond donors (Lipinski definition) is 0. The average molecular weight is 279 g/mol. The van der Waals surface area contributed by atoms with Crippen molar-refractivity contribution in [2.45, 2.75) is 13.8 Å². The molecule has 0 saturated carbocycles. The summed E-state index contributed by atoms with van der Waals surface area (Å²) < 4.78 is 5.54. The topological polar surface area (TPSA) is 30.2 Å². The third kappa shape index (κ3) is 1.95. The second-order valence-electron chi connectivity index (χ2n) is 3.74. The van der Waals surface area contributed by atoms with Crippen molar-refractivity contribution in [2.75, 3.05) is 0 Å². The molecular weight excluding hydrogens is 268 g/mol. The first kappa shape index (κ1) is 11.1. The van der Waals surface area contributed by atoms with E-state index < -0.39 is 0 Å².